The summed E-state index contributed by atoms with van der Waals surface area (Å²) < 4.78 is 11.2. The lowest BCUT2D eigenvalue weighted by Gasteiger charge is -2.40. The molecule has 6 N–H and O–H groups in total. The van der Waals surface area contributed by atoms with E-state index >= 15 is 0 Å². The summed E-state index contributed by atoms with van der Waals surface area (Å²) in [6.07, 6.45) is 52.0. The molecule has 1 saturated heterocycles. The lowest BCUT2D eigenvalue weighted by molar-refractivity contribution is -0.302. The molecule has 1 heterocycles. The second kappa shape index (κ2) is 45.0. The predicted molar refractivity (Wildman–Crippen MR) is 267 cm³/mol. The highest BCUT2D eigenvalue weighted by atomic mass is 16.7. The molecule has 0 aromatic carbocycles. The van der Waals surface area contributed by atoms with Gasteiger partial charge in [-0.25, -0.2) is 0 Å². The maximum absolute atomic E-state index is 12.9. The van der Waals surface area contributed by atoms with Crippen molar-refractivity contribution >= 4 is 5.91 Å². The van der Waals surface area contributed by atoms with Crippen LogP contribution < -0.4 is 5.32 Å². The number of hydrogen-bond donors (Lipinski definition) is 6. The molecule has 1 rings (SSSR count). The fourth-order valence-corrected chi connectivity index (χ4v) is 8.45. The first-order valence-corrected chi connectivity index (χ1v) is 26.8. The number of carbonyl (C=O) groups is 1. The molecule has 0 saturated carbocycles. The van der Waals surface area contributed by atoms with Crippen molar-refractivity contribution in [3.8, 4) is 0 Å². The maximum atomic E-state index is 12.9. The van der Waals surface area contributed by atoms with Crippen molar-refractivity contribution in [1.82, 2.24) is 5.32 Å². The molecule has 374 valence electrons. The quantitative estimate of drug-likeness (QED) is 0.0261. The zero-order valence-electron chi connectivity index (χ0n) is 41.3. The minimum absolute atomic E-state index is 0.137. The smallest absolute Gasteiger partial charge is 0.220 e. The predicted octanol–water partition coefficient (Wildman–Crippen LogP) is 12.6. The Labute approximate surface area is 393 Å². The van der Waals surface area contributed by atoms with Crippen LogP contribution in [0.4, 0.5) is 0 Å². The van der Waals surface area contributed by atoms with Gasteiger partial charge in [-0.3, -0.25) is 4.79 Å². The van der Waals surface area contributed by atoms with Crippen LogP contribution in [0.5, 0.6) is 0 Å². The third-order valence-electron chi connectivity index (χ3n) is 12.7. The van der Waals surface area contributed by atoms with Crippen LogP contribution in [0.2, 0.25) is 0 Å². The van der Waals surface area contributed by atoms with Crippen molar-refractivity contribution < 1.29 is 39.8 Å². The van der Waals surface area contributed by atoms with Gasteiger partial charge in [0.2, 0.25) is 5.91 Å². The number of hydrogen-bond acceptors (Lipinski definition) is 8. The zero-order chi connectivity index (χ0) is 46.6. The van der Waals surface area contributed by atoms with Crippen molar-refractivity contribution in [2.75, 3.05) is 13.2 Å². The van der Waals surface area contributed by atoms with Gasteiger partial charge < -0.3 is 40.3 Å². The zero-order valence-corrected chi connectivity index (χ0v) is 41.3. The van der Waals surface area contributed by atoms with Crippen LogP contribution in [-0.2, 0) is 14.3 Å². The summed E-state index contributed by atoms with van der Waals surface area (Å²) in [6.45, 7) is 3.66. The van der Waals surface area contributed by atoms with E-state index in [4.69, 9.17) is 9.47 Å². The van der Waals surface area contributed by atoms with E-state index in [1.807, 2.05) is 0 Å². The monoisotopic (exact) mass is 904 g/mol. The van der Waals surface area contributed by atoms with Gasteiger partial charge in [0.25, 0.3) is 0 Å². The molecule has 0 aromatic rings. The fraction of sp³-hybridized carbons (Fsp3) is 0.836. The van der Waals surface area contributed by atoms with E-state index in [1.165, 1.54) is 148 Å². The van der Waals surface area contributed by atoms with Gasteiger partial charge in [0.05, 0.1) is 25.4 Å². The highest BCUT2D eigenvalue weighted by molar-refractivity contribution is 5.76. The molecule has 1 aliphatic rings. The largest absolute Gasteiger partial charge is 0.394 e. The summed E-state index contributed by atoms with van der Waals surface area (Å²) in [5.74, 6) is -0.147. The minimum Gasteiger partial charge on any atom is -0.394 e. The number of aliphatic hydroxyl groups excluding tert-OH is 5. The Morgan fingerprint density at radius 1 is 0.547 bits per heavy atom. The lowest BCUT2D eigenvalue weighted by Crippen LogP contribution is -2.60. The SMILES string of the molecule is CC/C=C\C/C=C\C/C=C\C/C=C\CCCCCCCCCCCCCCCCCCCCCCCCC(=O)NC(COC1OC(CO)C(O)C(O)C1O)C(O)CCCCCCCC. The normalized spacial score (nSPS) is 20.4. The third kappa shape index (κ3) is 34.5. The molecule has 1 fully saturated rings. The molecule has 0 radical (unpaired) electrons. The maximum Gasteiger partial charge on any atom is 0.220 e. The van der Waals surface area contributed by atoms with E-state index in [1.54, 1.807) is 0 Å². The van der Waals surface area contributed by atoms with E-state index in [0.29, 0.717) is 12.8 Å². The summed E-state index contributed by atoms with van der Waals surface area (Å²) in [6, 6.07) is -0.713. The summed E-state index contributed by atoms with van der Waals surface area (Å²) in [4.78, 5) is 12.9. The highest BCUT2D eigenvalue weighted by Gasteiger charge is 2.44. The standard InChI is InChI=1S/C55H101NO8/c1-3-5-7-9-11-12-13-14-15-16-17-18-19-20-21-22-23-24-25-26-27-28-29-30-31-32-33-34-35-36-37-38-39-41-43-45-51(59)56-48(49(58)44-42-40-10-8-6-4-2)47-63-55-54(62)53(61)52(60)50(46-57)64-55/h5,7,11-12,14-15,17-18,48-50,52-55,57-58,60-62H,3-4,6,8-10,13,16,19-47H2,1-2H3,(H,56,59)/b7-5-,12-11-,15-14-,18-17-. The molecular formula is C55H101NO8. The summed E-state index contributed by atoms with van der Waals surface area (Å²) in [5.41, 5.74) is 0. The second-order valence-corrected chi connectivity index (χ2v) is 18.6. The average Bonchev–Trinajstić information content (AvgIpc) is 3.29. The van der Waals surface area contributed by atoms with Crippen molar-refractivity contribution in [2.24, 2.45) is 0 Å². The number of rotatable bonds is 45. The third-order valence-corrected chi connectivity index (χ3v) is 12.7. The molecule has 7 unspecified atom stereocenters. The molecule has 9 nitrogen and oxygen atoms in total. The molecule has 1 amide bonds. The van der Waals surface area contributed by atoms with Gasteiger partial charge in [-0.2, -0.15) is 0 Å². The lowest BCUT2D eigenvalue weighted by atomic mass is 9.99. The van der Waals surface area contributed by atoms with E-state index in [-0.39, 0.29) is 12.5 Å². The number of carbonyl (C=O) groups excluding carboxylic acids is 1. The van der Waals surface area contributed by atoms with Gasteiger partial charge in [0.1, 0.15) is 24.4 Å². The van der Waals surface area contributed by atoms with Crippen molar-refractivity contribution in [3.05, 3.63) is 48.6 Å². The molecular weight excluding hydrogens is 803 g/mol. The second-order valence-electron chi connectivity index (χ2n) is 18.6. The number of allylic oxidation sites excluding steroid dienone is 8. The van der Waals surface area contributed by atoms with E-state index in [0.717, 1.165) is 64.2 Å². The van der Waals surface area contributed by atoms with Gasteiger partial charge in [0, 0.05) is 6.42 Å². The first kappa shape index (κ1) is 60.2. The first-order chi connectivity index (χ1) is 31.3. The average molecular weight is 904 g/mol. The number of aliphatic hydroxyl groups is 5. The van der Waals surface area contributed by atoms with Crippen LogP contribution in [0.1, 0.15) is 239 Å². The van der Waals surface area contributed by atoms with Crippen LogP contribution in [-0.4, -0.2) is 87.5 Å². The van der Waals surface area contributed by atoms with Crippen LogP contribution in [0.15, 0.2) is 48.6 Å². The Morgan fingerprint density at radius 2 is 0.969 bits per heavy atom. The molecule has 0 aromatic heterocycles. The van der Waals surface area contributed by atoms with Crippen molar-refractivity contribution in [1.29, 1.82) is 0 Å². The van der Waals surface area contributed by atoms with Gasteiger partial charge in [-0.05, 0) is 51.4 Å². The fourth-order valence-electron chi connectivity index (χ4n) is 8.45. The molecule has 64 heavy (non-hydrogen) atoms. The van der Waals surface area contributed by atoms with Crippen LogP contribution in [0.3, 0.4) is 0 Å². The number of ether oxygens (including phenoxy) is 2. The molecule has 7 atom stereocenters. The van der Waals surface area contributed by atoms with E-state index < -0.39 is 49.5 Å². The van der Waals surface area contributed by atoms with Crippen LogP contribution in [0.25, 0.3) is 0 Å². The van der Waals surface area contributed by atoms with Gasteiger partial charge >= 0.3 is 0 Å². The Balaban J connectivity index is 1.99. The van der Waals surface area contributed by atoms with E-state index in [9.17, 15) is 30.3 Å². The summed E-state index contributed by atoms with van der Waals surface area (Å²) in [7, 11) is 0. The van der Waals surface area contributed by atoms with Gasteiger partial charge in [-0.15, -0.1) is 0 Å². The summed E-state index contributed by atoms with van der Waals surface area (Å²) >= 11 is 0. The Hall–Kier alpha value is -1.85. The van der Waals surface area contributed by atoms with Gasteiger partial charge in [0.15, 0.2) is 6.29 Å². The molecule has 0 bridgehead atoms. The molecule has 1 aliphatic heterocycles. The summed E-state index contributed by atoms with van der Waals surface area (Å²) in [5, 5.41) is 54.1. The number of unbranched alkanes of at least 4 members (excludes halogenated alkanes) is 27. The van der Waals surface area contributed by atoms with Crippen LogP contribution in [0, 0.1) is 0 Å². The Morgan fingerprint density at radius 3 is 1.44 bits per heavy atom. The number of amides is 1. The van der Waals surface area contributed by atoms with Crippen LogP contribution >= 0.6 is 0 Å². The Kier molecular flexibility index (Phi) is 42.3. The van der Waals surface area contributed by atoms with Crippen molar-refractivity contribution in [3.63, 3.8) is 0 Å². The van der Waals surface area contributed by atoms with Gasteiger partial charge in [-0.1, -0.05) is 229 Å². The Bertz CT molecular complexity index is 1140. The van der Waals surface area contributed by atoms with Crippen molar-refractivity contribution in [2.45, 2.75) is 281 Å². The van der Waals surface area contributed by atoms with E-state index in [2.05, 4.69) is 67.8 Å². The first-order valence-electron chi connectivity index (χ1n) is 26.8. The minimum atomic E-state index is -1.55. The molecule has 0 aliphatic carbocycles. The highest BCUT2D eigenvalue weighted by Crippen LogP contribution is 2.23. The topological polar surface area (TPSA) is 149 Å². The molecule has 9 heteroatoms. The number of nitrogens with one attached hydrogen (secondary N) is 1. The molecule has 0 spiro atoms.